The number of aromatic nitrogens is 1. The minimum absolute atomic E-state index is 0.102. The monoisotopic (exact) mass is 543 g/mol. The lowest BCUT2D eigenvalue weighted by molar-refractivity contribution is -0.132. The number of rotatable bonds is 9. The Labute approximate surface area is 215 Å². The van der Waals surface area contributed by atoms with Crippen molar-refractivity contribution >= 4 is 32.7 Å². The Morgan fingerprint density at radius 1 is 1.26 bits per heavy atom. The minimum atomic E-state index is -0.222. The first-order chi connectivity index (χ1) is 16.9. The SMILES string of the molecule is COCCCn1c(C2CCCN(C(=O)C[C@H](N)Cc3ccc(Br)cc3)C2)c(C)c2cccc(F)c21. The van der Waals surface area contributed by atoms with Crippen LogP contribution in [-0.2, 0) is 22.5 Å². The van der Waals surface area contributed by atoms with Crippen LogP contribution in [0.1, 0.15) is 48.4 Å². The Morgan fingerprint density at radius 3 is 2.77 bits per heavy atom. The zero-order chi connectivity index (χ0) is 24.9. The zero-order valence-electron chi connectivity index (χ0n) is 20.6. The van der Waals surface area contributed by atoms with Gasteiger partial charge in [-0.2, -0.15) is 0 Å². The number of aryl methyl sites for hydroxylation is 2. The van der Waals surface area contributed by atoms with Gasteiger partial charge in [-0.05, 0) is 61.9 Å². The molecule has 1 aromatic heterocycles. The smallest absolute Gasteiger partial charge is 0.224 e. The molecule has 3 aromatic rings. The molecule has 35 heavy (non-hydrogen) atoms. The maximum Gasteiger partial charge on any atom is 0.224 e. The Hall–Kier alpha value is -2.22. The van der Waals surface area contributed by atoms with E-state index in [1.54, 1.807) is 13.2 Å². The second kappa shape index (κ2) is 11.7. The lowest BCUT2D eigenvalue weighted by Gasteiger charge is -2.34. The minimum Gasteiger partial charge on any atom is -0.385 e. The van der Waals surface area contributed by atoms with Crippen LogP contribution >= 0.6 is 15.9 Å². The number of carbonyl (C=O) groups excluding carboxylic acids is 1. The molecule has 2 aromatic carbocycles. The fourth-order valence-corrected chi connectivity index (χ4v) is 5.72. The van der Waals surface area contributed by atoms with Gasteiger partial charge >= 0.3 is 0 Å². The van der Waals surface area contributed by atoms with Crippen LogP contribution in [-0.4, -0.2) is 48.2 Å². The molecule has 1 unspecified atom stereocenters. The summed E-state index contributed by atoms with van der Waals surface area (Å²) >= 11 is 3.45. The van der Waals surface area contributed by atoms with Gasteiger partial charge in [-0.3, -0.25) is 4.79 Å². The summed E-state index contributed by atoms with van der Waals surface area (Å²) < 4.78 is 23.4. The summed E-state index contributed by atoms with van der Waals surface area (Å²) in [6.45, 7) is 4.79. The molecule has 0 bridgehead atoms. The van der Waals surface area contributed by atoms with Gasteiger partial charge in [0.15, 0.2) is 0 Å². The quantitative estimate of drug-likeness (QED) is 0.359. The van der Waals surface area contributed by atoms with E-state index in [2.05, 4.69) is 27.4 Å². The number of methoxy groups -OCH3 is 1. The van der Waals surface area contributed by atoms with Crippen LogP contribution in [0.15, 0.2) is 46.9 Å². The number of benzene rings is 2. The molecular weight excluding hydrogens is 509 g/mol. The summed E-state index contributed by atoms with van der Waals surface area (Å²) in [5.41, 5.74) is 10.4. The number of halogens is 2. The van der Waals surface area contributed by atoms with Crippen molar-refractivity contribution in [2.45, 2.75) is 57.5 Å². The van der Waals surface area contributed by atoms with E-state index >= 15 is 0 Å². The maximum atomic E-state index is 14.9. The average molecular weight is 545 g/mol. The summed E-state index contributed by atoms with van der Waals surface area (Å²) in [5.74, 6) is 0.0758. The largest absolute Gasteiger partial charge is 0.385 e. The maximum absolute atomic E-state index is 14.9. The van der Waals surface area contributed by atoms with E-state index in [0.29, 0.717) is 38.1 Å². The number of likely N-dealkylation sites (tertiary alicyclic amines) is 1. The number of para-hydroxylation sites is 1. The van der Waals surface area contributed by atoms with E-state index in [4.69, 9.17) is 10.5 Å². The molecule has 2 atom stereocenters. The molecule has 5 nitrogen and oxygen atoms in total. The number of amides is 1. The fraction of sp³-hybridized carbons (Fsp3) is 0.464. The van der Waals surface area contributed by atoms with Crippen LogP contribution in [0.5, 0.6) is 0 Å². The van der Waals surface area contributed by atoms with E-state index in [-0.39, 0.29) is 23.7 Å². The Morgan fingerprint density at radius 2 is 2.03 bits per heavy atom. The second-order valence-electron chi connectivity index (χ2n) is 9.62. The Kier molecular flexibility index (Phi) is 8.63. The number of piperidine rings is 1. The standard InChI is InChI=1S/C28H35BrFN3O2/c1-19-24-7-3-8-25(30)28(24)33(14-5-15-35-2)27(19)21-6-4-13-32(18-21)26(34)17-23(31)16-20-9-11-22(29)12-10-20/h3,7-12,21,23H,4-6,13-18,31H2,1-2H3/t21?,23-/m1/s1. The molecule has 1 aliphatic heterocycles. The predicted molar refractivity (Wildman–Crippen MR) is 142 cm³/mol. The summed E-state index contributed by atoms with van der Waals surface area (Å²) in [7, 11) is 1.69. The Balaban J connectivity index is 1.51. The van der Waals surface area contributed by atoms with Crippen molar-refractivity contribution < 1.29 is 13.9 Å². The molecule has 0 spiro atoms. The highest BCUT2D eigenvalue weighted by molar-refractivity contribution is 9.10. The summed E-state index contributed by atoms with van der Waals surface area (Å²) in [6, 6.07) is 13.1. The summed E-state index contributed by atoms with van der Waals surface area (Å²) in [5, 5.41) is 0.956. The van der Waals surface area contributed by atoms with Crippen LogP contribution in [0.25, 0.3) is 10.9 Å². The topological polar surface area (TPSA) is 60.5 Å². The van der Waals surface area contributed by atoms with Crippen molar-refractivity contribution in [2.24, 2.45) is 5.73 Å². The van der Waals surface area contributed by atoms with Gasteiger partial charge in [0.1, 0.15) is 5.82 Å². The first-order valence-electron chi connectivity index (χ1n) is 12.4. The molecular formula is C28H35BrFN3O2. The van der Waals surface area contributed by atoms with Crippen LogP contribution in [0, 0.1) is 12.7 Å². The van der Waals surface area contributed by atoms with Crippen LogP contribution in [0.2, 0.25) is 0 Å². The van der Waals surface area contributed by atoms with Crippen molar-refractivity contribution in [3.63, 3.8) is 0 Å². The van der Waals surface area contributed by atoms with Crippen molar-refractivity contribution in [1.82, 2.24) is 9.47 Å². The van der Waals surface area contributed by atoms with Crippen molar-refractivity contribution in [2.75, 3.05) is 26.8 Å². The second-order valence-corrected chi connectivity index (χ2v) is 10.5. The molecule has 0 saturated carbocycles. The Bertz CT molecular complexity index is 1160. The number of nitrogens with two attached hydrogens (primary N) is 1. The van der Waals surface area contributed by atoms with E-state index in [1.165, 1.54) is 6.07 Å². The third-order valence-electron chi connectivity index (χ3n) is 7.07. The van der Waals surface area contributed by atoms with Crippen molar-refractivity contribution in [3.05, 3.63) is 69.6 Å². The molecule has 0 aliphatic carbocycles. The first kappa shape index (κ1) is 25.9. The molecule has 1 amide bonds. The van der Waals surface area contributed by atoms with Gasteiger partial charge in [-0.15, -0.1) is 0 Å². The van der Waals surface area contributed by atoms with Crippen molar-refractivity contribution in [3.8, 4) is 0 Å². The summed E-state index contributed by atoms with van der Waals surface area (Å²) in [6.07, 6.45) is 3.72. The van der Waals surface area contributed by atoms with E-state index in [0.717, 1.165) is 52.5 Å². The first-order valence-corrected chi connectivity index (χ1v) is 13.2. The van der Waals surface area contributed by atoms with Crippen LogP contribution < -0.4 is 5.73 Å². The zero-order valence-corrected chi connectivity index (χ0v) is 22.2. The predicted octanol–water partition coefficient (Wildman–Crippen LogP) is 5.55. The van der Waals surface area contributed by atoms with E-state index < -0.39 is 0 Å². The number of carbonyl (C=O) groups is 1. The van der Waals surface area contributed by atoms with E-state index in [9.17, 15) is 9.18 Å². The molecule has 1 fully saturated rings. The normalized spacial score (nSPS) is 17.2. The van der Waals surface area contributed by atoms with E-state index in [1.807, 2.05) is 35.2 Å². The molecule has 7 heteroatoms. The molecule has 1 aliphatic rings. The highest BCUT2D eigenvalue weighted by Gasteiger charge is 2.30. The number of ether oxygens (including phenoxy) is 1. The molecule has 4 rings (SSSR count). The lowest BCUT2D eigenvalue weighted by Crippen LogP contribution is -2.42. The number of nitrogens with zero attached hydrogens (tertiary/aromatic N) is 2. The van der Waals surface area contributed by atoms with Crippen LogP contribution in [0.3, 0.4) is 0 Å². The van der Waals surface area contributed by atoms with Gasteiger partial charge in [0, 0.05) is 67.3 Å². The molecule has 2 heterocycles. The van der Waals surface area contributed by atoms with Crippen LogP contribution in [0.4, 0.5) is 4.39 Å². The molecule has 0 radical (unpaired) electrons. The number of hydrogen-bond acceptors (Lipinski definition) is 3. The van der Waals surface area contributed by atoms with Crippen molar-refractivity contribution in [1.29, 1.82) is 0 Å². The lowest BCUT2D eigenvalue weighted by atomic mass is 9.91. The van der Waals surface area contributed by atoms with Gasteiger partial charge < -0.3 is 19.9 Å². The number of fused-ring (bicyclic) bond motifs is 1. The highest BCUT2D eigenvalue weighted by Crippen LogP contribution is 2.36. The van der Waals surface area contributed by atoms with Gasteiger partial charge in [0.2, 0.25) is 5.91 Å². The number of hydrogen-bond donors (Lipinski definition) is 1. The fourth-order valence-electron chi connectivity index (χ4n) is 5.45. The third-order valence-corrected chi connectivity index (χ3v) is 7.60. The molecule has 188 valence electrons. The highest BCUT2D eigenvalue weighted by atomic mass is 79.9. The third kappa shape index (κ3) is 5.96. The van der Waals surface area contributed by atoms with Gasteiger partial charge in [-0.25, -0.2) is 4.39 Å². The van der Waals surface area contributed by atoms with Gasteiger partial charge in [0.25, 0.3) is 0 Å². The van der Waals surface area contributed by atoms with Gasteiger partial charge in [-0.1, -0.05) is 40.2 Å². The average Bonchev–Trinajstić information content (AvgIpc) is 3.13. The molecule has 1 saturated heterocycles. The van der Waals surface area contributed by atoms with Gasteiger partial charge in [0.05, 0.1) is 5.52 Å². The summed E-state index contributed by atoms with van der Waals surface area (Å²) in [4.78, 5) is 15.2. The molecule has 2 N–H and O–H groups in total.